The predicted octanol–water partition coefficient (Wildman–Crippen LogP) is 3.28. The van der Waals surface area contributed by atoms with Gasteiger partial charge in [-0.3, -0.25) is 4.79 Å². The van der Waals surface area contributed by atoms with E-state index in [0.29, 0.717) is 11.3 Å². The summed E-state index contributed by atoms with van der Waals surface area (Å²) in [5.74, 6) is 0. The maximum atomic E-state index is 10.9. The summed E-state index contributed by atoms with van der Waals surface area (Å²) in [6.07, 6.45) is 2.28. The topological polar surface area (TPSA) is 47.3 Å². The van der Waals surface area contributed by atoms with E-state index in [9.17, 15) is 4.79 Å². The molecule has 0 amide bonds. The minimum atomic E-state index is 0.449. The Kier molecular flexibility index (Phi) is 2.91. The van der Waals surface area contributed by atoms with E-state index in [1.54, 1.807) is 4.52 Å². The van der Waals surface area contributed by atoms with Crippen molar-refractivity contribution >= 4 is 27.9 Å². The van der Waals surface area contributed by atoms with E-state index in [1.807, 2.05) is 37.3 Å². The van der Waals surface area contributed by atoms with E-state index in [1.165, 1.54) is 6.20 Å². The van der Waals surface area contributed by atoms with Crippen LogP contribution in [0.25, 0.3) is 16.9 Å². The Morgan fingerprint density at radius 1 is 1.26 bits per heavy atom. The molecular weight excluding hydrogens is 306 g/mol. The van der Waals surface area contributed by atoms with Crippen molar-refractivity contribution in [1.29, 1.82) is 0 Å². The summed E-state index contributed by atoms with van der Waals surface area (Å²) in [7, 11) is 0. The lowest BCUT2D eigenvalue weighted by atomic mass is 10.1. The summed E-state index contributed by atoms with van der Waals surface area (Å²) >= 11 is 3.46. The predicted molar refractivity (Wildman–Crippen MR) is 76.2 cm³/mol. The average molecular weight is 316 g/mol. The van der Waals surface area contributed by atoms with Crippen LogP contribution in [0.15, 0.2) is 41.0 Å². The number of hydrogen-bond donors (Lipinski definition) is 0. The van der Waals surface area contributed by atoms with Crippen molar-refractivity contribution in [1.82, 2.24) is 14.6 Å². The molecule has 3 rings (SSSR count). The van der Waals surface area contributed by atoms with Gasteiger partial charge in [0.1, 0.15) is 5.69 Å². The molecular formula is C14H10BrN3O. The van der Waals surface area contributed by atoms with Crippen molar-refractivity contribution in [2.75, 3.05) is 0 Å². The minimum absolute atomic E-state index is 0.449. The first-order chi connectivity index (χ1) is 9.19. The summed E-state index contributed by atoms with van der Waals surface area (Å²) in [5.41, 5.74) is 4.08. The van der Waals surface area contributed by atoms with Crippen molar-refractivity contribution in [2.45, 2.75) is 6.92 Å². The van der Waals surface area contributed by atoms with Gasteiger partial charge in [-0.05, 0) is 36.8 Å². The third-order valence-corrected chi connectivity index (χ3v) is 3.48. The van der Waals surface area contributed by atoms with Crippen LogP contribution in [0.4, 0.5) is 0 Å². The van der Waals surface area contributed by atoms with Crippen LogP contribution in [-0.2, 0) is 0 Å². The van der Waals surface area contributed by atoms with Gasteiger partial charge in [-0.25, -0.2) is 9.50 Å². The molecule has 0 unspecified atom stereocenters. The fourth-order valence-corrected chi connectivity index (χ4v) is 2.35. The molecule has 0 bridgehead atoms. The summed E-state index contributed by atoms with van der Waals surface area (Å²) in [5, 5.41) is 4.48. The van der Waals surface area contributed by atoms with Crippen molar-refractivity contribution in [3.05, 3.63) is 52.3 Å². The normalized spacial score (nSPS) is 10.8. The first kappa shape index (κ1) is 12.0. The van der Waals surface area contributed by atoms with E-state index >= 15 is 0 Å². The van der Waals surface area contributed by atoms with E-state index in [0.717, 1.165) is 27.6 Å². The molecule has 0 N–H and O–H groups in total. The Balaban J connectivity index is 2.24. The Labute approximate surface area is 118 Å². The maximum absolute atomic E-state index is 10.9. The highest BCUT2D eigenvalue weighted by molar-refractivity contribution is 9.10. The number of carbonyl (C=O) groups excluding carboxylic acids is 1. The van der Waals surface area contributed by atoms with E-state index in [-0.39, 0.29) is 0 Å². The summed E-state index contributed by atoms with van der Waals surface area (Å²) < 4.78 is 2.55. The molecule has 0 radical (unpaired) electrons. The number of imidazole rings is 1. The second-order valence-corrected chi connectivity index (χ2v) is 5.16. The van der Waals surface area contributed by atoms with Crippen molar-refractivity contribution < 1.29 is 4.79 Å². The first-order valence-electron chi connectivity index (χ1n) is 5.75. The number of fused-ring (bicyclic) bond motifs is 1. The van der Waals surface area contributed by atoms with E-state index in [2.05, 4.69) is 26.0 Å². The molecule has 19 heavy (non-hydrogen) atoms. The van der Waals surface area contributed by atoms with Crippen molar-refractivity contribution in [2.24, 2.45) is 0 Å². The molecule has 0 atom stereocenters. The molecule has 0 aliphatic carbocycles. The van der Waals surface area contributed by atoms with Gasteiger partial charge < -0.3 is 0 Å². The second kappa shape index (κ2) is 4.59. The van der Waals surface area contributed by atoms with Gasteiger partial charge in [-0.15, -0.1) is 0 Å². The Hall–Kier alpha value is -2.01. The van der Waals surface area contributed by atoms with Gasteiger partial charge in [-0.1, -0.05) is 22.0 Å². The fraction of sp³-hybridized carbons (Fsp3) is 0.0714. The number of aryl methyl sites for hydroxylation is 1. The number of carbonyl (C=O) groups is 1. The van der Waals surface area contributed by atoms with Gasteiger partial charge in [0.15, 0.2) is 11.9 Å². The highest BCUT2D eigenvalue weighted by Crippen LogP contribution is 2.25. The van der Waals surface area contributed by atoms with Crippen LogP contribution in [-0.4, -0.2) is 20.9 Å². The lowest BCUT2D eigenvalue weighted by Gasteiger charge is -2.06. The third-order valence-electron chi connectivity index (χ3n) is 2.98. The number of nitrogens with zero attached hydrogens (tertiary/aromatic N) is 3. The second-order valence-electron chi connectivity index (χ2n) is 4.25. The average Bonchev–Trinajstić information content (AvgIpc) is 2.83. The zero-order valence-corrected chi connectivity index (χ0v) is 11.8. The Bertz CT molecular complexity index is 779. The molecule has 4 nitrogen and oxygen atoms in total. The number of rotatable bonds is 2. The first-order valence-corrected chi connectivity index (χ1v) is 6.55. The molecule has 0 aliphatic heterocycles. The van der Waals surface area contributed by atoms with Crippen LogP contribution in [0, 0.1) is 6.92 Å². The number of benzene rings is 1. The quantitative estimate of drug-likeness (QED) is 0.682. The van der Waals surface area contributed by atoms with Crippen LogP contribution < -0.4 is 0 Å². The van der Waals surface area contributed by atoms with Crippen LogP contribution in [0.1, 0.15) is 16.1 Å². The lowest BCUT2D eigenvalue weighted by molar-refractivity contribution is 0.111. The highest BCUT2D eigenvalue weighted by Gasteiger charge is 2.08. The third kappa shape index (κ3) is 2.06. The molecule has 0 saturated carbocycles. The SMILES string of the molecule is Cc1ccc(Br)cc1-c1ccc2ncc(C=O)n2n1. The standard InChI is InChI=1S/C14H10BrN3O/c1-9-2-3-10(15)6-12(9)13-4-5-14-16-7-11(8-19)18(14)17-13/h2-8H,1H3. The molecule has 2 heterocycles. The molecule has 2 aromatic heterocycles. The van der Waals surface area contributed by atoms with Crippen molar-refractivity contribution in [3.63, 3.8) is 0 Å². The van der Waals surface area contributed by atoms with Gasteiger partial charge >= 0.3 is 0 Å². The molecule has 0 fully saturated rings. The van der Waals surface area contributed by atoms with E-state index in [4.69, 9.17) is 0 Å². The van der Waals surface area contributed by atoms with Crippen LogP contribution in [0.5, 0.6) is 0 Å². The van der Waals surface area contributed by atoms with Crippen LogP contribution in [0.3, 0.4) is 0 Å². The highest BCUT2D eigenvalue weighted by atomic mass is 79.9. The Morgan fingerprint density at radius 3 is 2.89 bits per heavy atom. The molecule has 94 valence electrons. The largest absolute Gasteiger partial charge is 0.296 e. The van der Waals surface area contributed by atoms with Crippen LogP contribution in [0.2, 0.25) is 0 Å². The molecule has 3 aromatic rings. The zero-order chi connectivity index (χ0) is 13.4. The van der Waals surface area contributed by atoms with Crippen molar-refractivity contribution in [3.8, 4) is 11.3 Å². The van der Waals surface area contributed by atoms with E-state index < -0.39 is 0 Å². The number of hydrogen-bond acceptors (Lipinski definition) is 3. The van der Waals surface area contributed by atoms with Gasteiger partial charge in [0.2, 0.25) is 0 Å². The van der Waals surface area contributed by atoms with Gasteiger partial charge in [-0.2, -0.15) is 5.10 Å². The number of aromatic nitrogens is 3. The summed E-state index contributed by atoms with van der Waals surface area (Å²) in [4.78, 5) is 15.1. The number of halogens is 1. The molecule has 0 saturated heterocycles. The molecule has 5 heteroatoms. The Morgan fingerprint density at radius 2 is 2.11 bits per heavy atom. The van der Waals surface area contributed by atoms with Gasteiger partial charge in [0.25, 0.3) is 0 Å². The van der Waals surface area contributed by atoms with Gasteiger partial charge in [0, 0.05) is 10.0 Å². The molecule has 1 aromatic carbocycles. The molecule has 0 aliphatic rings. The fourth-order valence-electron chi connectivity index (χ4n) is 1.99. The monoisotopic (exact) mass is 315 g/mol. The number of aldehydes is 1. The smallest absolute Gasteiger partial charge is 0.170 e. The summed E-state index contributed by atoms with van der Waals surface area (Å²) in [6.45, 7) is 2.03. The maximum Gasteiger partial charge on any atom is 0.170 e. The zero-order valence-electron chi connectivity index (χ0n) is 10.2. The van der Waals surface area contributed by atoms with Crippen LogP contribution >= 0.6 is 15.9 Å². The van der Waals surface area contributed by atoms with Gasteiger partial charge in [0.05, 0.1) is 11.9 Å². The summed E-state index contributed by atoms with van der Waals surface area (Å²) in [6, 6.07) is 9.80. The molecule has 0 spiro atoms. The lowest BCUT2D eigenvalue weighted by Crippen LogP contribution is -1.99. The minimum Gasteiger partial charge on any atom is -0.296 e.